The molecular formula is C45H35GaO2S. The molecule has 8 rings (SSSR count). The maximum atomic E-state index is 11.5. The Kier molecular flexibility index (Phi) is 10.1. The average Bonchev–Trinajstić information content (AvgIpc) is 3.18. The molecule has 49 heavy (non-hydrogen) atoms. The van der Waals surface area contributed by atoms with Crippen molar-refractivity contribution in [3.05, 3.63) is 223 Å². The molecule has 0 N–H and O–H groups in total. The van der Waals surface area contributed by atoms with Crippen LogP contribution < -0.4 is 22.1 Å². The first-order valence-electron chi connectivity index (χ1n) is 16.5. The summed E-state index contributed by atoms with van der Waals surface area (Å²) in [5.74, 6) is 0. The topological polar surface area (TPSA) is 30.2 Å². The fraction of sp³-hybridized carbons (Fsp3) is 0. The Bertz CT molecular complexity index is 2080. The van der Waals surface area contributed by atoms with E-state index in [2.05, 4.69) is 176 Å². The fourth-order valence-electron chi connectivity index (χ4n) is 6.81. The van der Waals surface area contributed by atoms with Gasteiger partial charge in [0.15, 0.2) is 14.7 Å². The van der Waals surface area contributed by atoms with E-state index in [4.69, 9.17) is 4.42 Å². The van der Waals surface area contributed by atoms with Crippen molar-refractivity contribution in [3.8, 4) is 0 Å². The van der Waals surface area contributed by atoms with Crippen LogP contribution in [-0.4, -0.2) is 15.0 Å². The number of rotatable bonds is 7. The van der Waals surface area contributed by atoms with Gasteiger partial charge < -0.3 is 4.42 Å². The summed E-state index contributed by atoms with van der Waals surface area (Å²) >= 11 is -3.21. The van der Waals surface area contributed by atoms with Crippen LogP contribution in [0.4, 0.5) is 0 Å². The number of benzene rings is 7. The molecule has 236 valence electrons. The Morgan fingerprint density at radius 1 is 0.367 bits per heavy atom. The second kappa shape index (κ2) is 15.3. The van der Waals surface area contributed by atoms with E-state index in [1.807, 2.05) is 24.3 Å². The van der Waals surface area contributed by atoms with Gasteiger partial charge >= 0.3 is 158 Å². The molecule has 1 aromatic heterocycles. The second-order valence-corrected chi connectivity index (χ2v) is 23.2. The molecule has 0 unspecified atom stereocenters. The molecule has 0 aliphatic rings. The van der Waals surface area contributed by atoms with Crippen LogP contribution in [0.15, 0.2) is 236 Å². The fourth-order valence-corrected chi connectivity index (χ4v) is 20.5. The third-order valence-electron chi connectivity index (χ3n) is 8.99. The van der Waals surface area contributed by atoms with Gasteiger partial charge in [0.2, 0.25) is 0 Å². The molecule has 0 spiro atoms. The summed E-state index contributed by atoms with van der Waals surface area (Å²) in [7, 11) is -0.239. The van der Waals surface area contributed by atoms with E-state index in [0.717, 1.165) is 10.3 Å². The predicted octanol–water partition coefficient (Wildman–Crippen LogP) is 7.95. The van der Waals surface area contributed by atoms with E-state index in [-0.39, 0.29) is 16.5 Å². The molecule has 0 saturated heterocycles. The second-order valence-electron chi connectivity index (χ2n) is 11.9. The number of hydrogen-bond acceptors (Lipinski definition) is 2. The van der Waals surface area contributed by atoms with E-state index in [1.165, 1.54) is 32.3 Å². The van der Waals surface area contributed by atoms with Crippen LogP contribution in [0.1, 0.15) is 0 Å². The van der Waals surface area contributed by atoms with Gasteiger partial charge in [-0.15, -0.1) is 0 Å². The molecule has 0 fully saturated rings. The summed E-state index contributed by atoms with van der Waals surface area (Å²) in [6.45, 7) is 0. The maximum absolute atomic E-state index is 11.5. The summed E-state index contributed by atoms with van der Waals surface area (Å²) in [4.78, 5) is 15.1. The Labute approximate surface area is 293 Å². The normalized spacial score (nSPS) is 11.1. The van der Waals surface area contributed by atoms with E-state index in [0.29, 0.717) is 5.58 Å². The van der Waals surface area contributed by atoms with Crippen molar-refractivity contribution in [2.24, 2.45) is 0 Å². The predicted molar refractivity (Wildman–Crippen MR) is 208 cm³/mol. The minimum atomic E-state index is -3.21. The summed E-state index contributed by atoms with van der Waals surface area (Å²) in [5.41, 5.74) is 0.309. The molecule has 1 heterocycles. The van der Waals surface area contributed by atoms with E-state index < -0.39 is 15.0 Å². The Balaban J connectivity index is 0.000000154. The summed E-state index contributed by atoms with van der Waals surface area (Å²) in [6, 6.07) is 74.6. The van der Waals surface area contributed by atoms with Crippen LogP contribution in [0.2, 0.25) is 0 Å². The summed E-state index contributed by atoms with van der Waals surface area (Å²) in [5, 5.41) is 0.933. The van der Waals surface area contributed by atoms with Crippen molar-refractivity contribution in [1.29, 1.82) is 0 Å². The zero-order valence-electron chi connectivity index (χ0n) is 27.0. The monoisotopic (exact) mass is 708 g/mol. The van der Waals surface area contributed by atoms with Crippen molar-refractivity contribution in [2.75, 3.05) is 0 Å². The van der Waals surface area contributed by atoms with Crippen molar-refractivity contribution in [3.63, 3.8) is 0 Å². The van der Waals surface area contributed by atoms with Crippen LogP contribution in [0.5, 0.6) is 0 Å². The quantitative estimate of drug-likeness (QED) is 0.0956. The molecule has 0 bridgehead atoms. The van der Waals surface area contributed by atoms with Crippen molar-refractivity contribution in [1.82, 2.24) is 0 Å². The molecule has 0 aliphatic carbocycles. The molecule has 2 nitrogen and oxygen atoms in total. The van der Waals surface area contributed by atoms with Gasteiger partial charge in [-0.1, -0.05) is 36.4 Å². The van der Waals surface area contributed by atoms with Gasteiger partial charge in [-0.25, -0.2) is 4.79 Å². The molecule has 0 saturated carbocycles. The molecule has 0 aliphatic heterocycles. The summed E-state index contributed by atoms with van der Waals surface area (Å²) < 4.78 is 11.3. The van der Waals surface area contributed by atoms with Crippen LogP contribution in [0.3, 0.4) is 0 Å². The molecule has 0 atom stereocenters. The van der Waals surface area contributed by atoms with Gasteiger partial charge in [0.25, 0.3) is 0 Å². The van der Waals surface area contributed by atoms with E-state index in [9.17, 15) is 4.79 Å². The molecule has 7 aromatic carbocycles. The Morgan fingerprint density at radius 3 is 1.10 bits per heavy atom. The zero-order chi connectivity index (χ0) is 33.3. The van der Waals surface area contributed by atoms with Gasteiger partial charge in [0.05, 0.1) is 10.9 Å². The first-order valence-corrected chi connectivity index (χ1v) is 22.6. The minimum absolute atomic E-state index is 0.239. The van der Waals surface area contributed by atoms with Gasteiger partial charge in [0.1, 0.15) is 5.58 Å². The van der Waals surface area contributed by atoms with Gasteiger partial charge in [0, 0.05) is 17.5 Å². The van der Waals surface area contributed by atoms with Crippen LogP contribution in [0, 0.1) is 0 Å². The number of fused-ring (bicyclic) bond motifs is 1. The van der Waals surface area contributed by atoms with Crippen LogP contribution in [0.25, 0.3) is 11.0 Å². The van der Waals surface area contributed by atoms with Crippen LogP contribution >= 0.6 is 0 Å². The molecule has 8 aromatic rings. The third kappa shape index (κ3) is 6.99. The Hall–Kier alpha value is -5.26. The summed E-state index contributed by atoms with van der Waals surface area (Å²) in [6.07, 6.45) is 0. The first kappa shape index (κ1) is 32.3. The van der Waals surface area contributed by atoms with E-state index in [1.54, 1.807) is 6.07 Å². The van der Waals surface area contributed by atoms with Crippen molar-refractivity contribution < 1.29 is 4.42 Å². The standard InChI is InChI=1S/C21H15O2S.4C6H5.Ga/c22-21-14-12-16-11-13-19(15-20(16)23-21)24(17-7-3-1-4-8-17)18-9-5-2-6-10-18;4*1-2-4-6-5-3-1;/h1-15H;4*1-5H;/q+1;;;;;-1. The SMILES string of the molecule is O=c1ccc2ccc([S+](c3ccccc3)c3ccccc3)cc2o1.c1cc[c]([Ga-]([c]2ccccc2)([c]2ccccc2)[c]2ccccc2)cc1. The number of hydrogen-bond donors (Lipinski definition) is 0. The average molecular weight is 710 g/mol. The van der Waals surface area contributed by atoms with Crippen molar-refractivity contribution in [2.45, 2.75) is 14.7 Å². The van der Waals surface area contributed by atoms with Crippen LogP contribution in [-0.2, 0) is 10.9 Å². The molecule has 0 radical (unpaired) electrons. The first-order chi connectivity index (χ1) is 24.2. The van der Waals surface area contributed by atoms with Crippen molar-refractivity contribution >= 4 is 53.4 Å². The third-order valence-corrected chi connectivity index (χ3v) is 22.8. The Morgan fingerprint density at radius 2 is 0.714 bits per heavy atom. The van der Waals surface area contributed by atoms with Gasteiger partial charge in [-0.3, -0.25) is 0 Å². The van der Waals surface area contributed by atoms with E-state index >= 15 is 0 Å². The molecule has 4 heteroatoms. The molecule has 0 amide bonds. The molecular weight excluding hydrogens is 674 g/mol. The van der Waals surface area contributed by atoms with Gasteiger partial charge in [-0.05, 0) is 42.5 Å². The van der Waals surface area contributed by atoms with Gasteiger partial charge in [-0.2, -0.15) is 0 Å². The zero-order valence-corrected chi connectivity index (χ0v) is 30.2.